The smallest absolute Gasteiger partial charge is 0.227 e. The lowest BCUT2D eigenvalue weighted by molar-refractivity contribution is -0.116. The molecule has 0 fully saturated rings. The van der Waals surface area contributed by atoms with E-state index < -0.39 is 0 Å². The molecule has 27 heavy (non-hydrogen) atoms. The van der Waals surface area contributed by atoms with E-state index in [4.69, 9.17) is 11.6 Å². The number of anilines is 1. The summed E-state index contributed by atoms with van der Waals surface area (Å²) < 4.78 is 0. The highest BCUT2D eigenvalue weighted by Crippen LogP contribution is 2.14. The van der Waals surface area contributed by atoms with Gasteiger partial charge in [-0.25, -0.2) is 4.98 Å². The van der Waals surface area contributed by atoms with Gasteiger partial charge in [0.05, 0.1) is 0 Å². The van der Waals surface area contributed by atoms with Crippen LogP contribution in [-0.4, -0.2) is 37.0 Å². The fraction of sp³-hybridized carbons (Fsp3) is 0.316. The topological polar surface area (TPSA) is 78.4 Å². The number of carbonyl (C=O) groups excluding carboxylic acids is 1. The Labute approximate surface area is 182 Å². The number of benzene rings is 1. The molecule has 0 radical (unpaired) electrons. The van der Waals surface area contributed by atoms with E-state index in [1.165, 1.54) is 0 Å². The maximum absolute atomic E-state index is 12.0. The summed E-state index contributed by atoms with van der Waals surface area (Å²) in [5.74, 6) is 1.12. The van der Waals surface area contributed by atoms with Crippen LogP contribution < -0.4 is 16.0 Å². The number of guanidine groups is 1. The van der Waals surface area contributed by atoms with Crippen LogP contribution in [0, 0.1) is 6.92 Å². The zero-order valence-electron chi connectivity index (χ0n) is 15.5. The summed E-state index contributed by atoms with van der Waals surface area (Å²) in [6, 6.07) is 13.3. The Morgan fingerprint density at radius 2 is 1.85 bits per heavy atom. The van der Waals surface area contributed by atoms with Crippen molar-refractivity contribution in [2.24, 2.45) is 4.99 Å². The standard InChI is InChI=1S/C19H24ClN5O.HI/c1-14-6-5-9-17(24-14)25-18(26)11-13-23-19(21-2)22-12-10-15-7-3-4-8-16(15)20;/h3-9H,10-13H2,1-2H3,(H2,21,22,23)(H,24,25,26);1H. The molecule has 1 heterocycles. The number of nitrogens with one attached hydrogen (secondary N) is 3. The molecule has 6 nitrogen and oxygen atoms in total. The monoisotopic (exact) mass is 501 g/mol. The molecular formula is C19H25ClIN5O. The number of amides is 1. The average Bonchev–Trinajstić information content (AvgIpc) is 2.62. The first-order valence-corrected chi connectivity index (χ1v) is 8.87. The lowest BCUT2D eigenvalue weighted by Crippen LogP contribution is -2.39. The van der Waals surface area contributed by atoms with Crippen LogP contribution in [0.15, 0.2) is 47.5 Å². The highest BCUT2D eigenvalue weighted by molar-refractivity contribution is 14.0. The minimum Gasteiger partial charge on any atom is -0.356 e. The van der Waals surface area contributed by atoms with E-state index in [9.17, 15) is 4.79 Å². The minimum absolute atomic E-state index is 0. The number of aryl methyl sites for hydroxylation is 1. The Hall–Kier alpha value is -1.87. The van der Waals surface area contributed by atoms with Crippen molar-refractivity contribution in [3.63, 3.8) is 0 Å². The number of carbonyl (C=O) groups is 1. The summed E-state index contributed by atoms with van der Waals surface area (Å²) in [5.41, 5.74) is 1.95. The lowest BCUT2D eigenvalue weighted by Gasteiger charge is -2.12. The molecule has 1 aromatic heterocycles. The Morgan fingerprint density at radius 1 is 1.11 bits per heavy atom. The molecule has 0 aliphatic rings. The van der Waals surface area contributed by atoms with Crippen molar-refractivity contribution in [2.45, 2.75) is 19.8 Å². The van der Waals surface area contributed by atoms with E-state index in [0.29, 0.717) is 31.3 Å². The molecule has 0 aliphatic heterocycles. The zero-order valence-corrected chi connectivity index (χ0v) is 18.5. The van der Waals surface area contributed by atoms with Gasteiger partial charge in [-0.2, -0.15) is 0 Å². The average molecular weight is 502 g/mol. The van der Waals surface area contributed by atoms with Crippen LogP contribution in [0.5, 0.6) is 0 Å². The van der Waals surface area contributed by atoms with Gasteiger partial charge in [0.1, 0.15) is 5.82 Å². The van der Waals surface area contributed by atoms with E-state index in [1.807, 2.05) is 43.3 Å². The molecule has 1 amide bonds. The first-order chi connectivity index (χ1) is 12.6. The molecule has 0 bridgehead atoms. The number of rotatable bonds is 7. The number of pyridine rings is 1. The minimum atomic E-state index is -0.0953. The molecule has 2 aromatic rings. The molecule has 146 valence electrons. The number of hydrogen-bond donors (Lipinski definition) is 3. The van der Waals surface area contributed by atoms with E-state index in [0.717, 1.165) is 22.7 Å². The van der Waals surface area contributed by atoms with E-state index >= 15 is 0 Å². The van der Waals surface area contributed by atoms with Gasteiger partial charge in [-0.15, -0.1) is 24.0 Å². The predicted octanol–water partition coefficient (Wildman–Crippen LogP) is 3.40. The Kier molecular flexibility index (Phi) is 10.7. The summed E-state index contributed by atoms with van der Waals surface area (Å²) in [6.07, 6.45) is 1.11. The van der Waals surface area contributed by atoms with Gasteiger partial charge >= 0.3 is 0 Å². The highest BCUT2D eigenvalue weighted by atomic mass is 127. The van der Waals surface area contributed by atoms with Crippen LogP contribution in [0.3, 0.4) is 0 Å². The third-order valence-electron chi connectivity index (χ3n) is 3.67. The predicted molar refractivity (Wildman–Crippen MR) is 122 cm³/mol. The van der Waals surface area contributed by atoms with Crippen molar-refractivity contribution in [2.75, 3.05) is 25.5 Å². The molecule has 0 saturated carbocycles. The molecule has 0 aliphatic carbocycles. The van der Waals surface area contributed by atoms with Crippen LogP contribution in [0.2, 0.25) is 5.02 Å². The highest BCUT2D eigenvalue weighted by Gasteiger charge is 2.05. The van der Waals surface area contributed by atoms with Crippen LogP contribution in [-0.2, 0) is 11.2 Å². The van der Waals surface area contributed by atoms with Crippen molar-refractivity contribution in [3.05, 3.63) is 58.7 Å². The van der Waals surface area contributed by atoms with Crippen molar-refractivity contribution >= 4 is 53.3 Å². The first kappa shape index (κ1) is 23.2. The SMILES string of the molecule is CN=C(NCCC(=O)Nc1cccc(C)n1)NCCc1ccccc1Cl.I. The van der Waals surface area contributed by atoms with Crippen molar-refractivity contribution in [1.29, 1.82) is 0 Å². The van der Waals surface area contributed by atoms with E-state index in [-0.39, 0.29) is 29.9 Å². The summed E-state index contributed by atoms with van der Waals surface area (Å²) in [7, 11) is 1.70. The fourth-order valence-electron chi connectivity index (χ4n) is 2.35. The van der Waals surface area contributed by atoms with Gasteiger partial charge in [0, 0.05) is 37.3 Å². The molecular weight excluding hydrogens is 477 g/mol. The molecule has 3 N–H and O–H groups in total. The van der Waals surface area contributed by atoms with Gasteiger partial charge < -0.3 is 16.0 Å². The number of nitrogens with zero attached hydrogens (tertiary/aromatic N) is 2. The van der Waals surface area contributed by atoms with Gasteiger partial charge in [0.25, 0.3) is 0 Å². The molecule has 0 unspecified atom stereocenters. The van der Waals surface area contributed by atoms with Crippen molar-refractivity contribution in [3.8, 4) is 0 Å². The van der Waals surface area contributed by atoms with Gasteiger partial charge in [0.2, 0.25) is 5.91 Å². The maximum Gasteiger partial charge on any atom is 0.227 e. The second kappa shape index (κ2) is 12.5. The van der Waals surface area contributed by atoms with Crippen LogP contribution >= 0.6 is 35.6 Å². The second-order valence-corrected chi connectivity index (χ2v) is 6.14. The number of hydrogen-bond acceptors (Lipinski definition) is 3. The number of aromatic nitrogens is 1. The quantitative estimate of drug-likeness (QED) is 0.309. The van der Waals surface area contributed by atoms with Gasteiger partial charge in [-0.3, -0.25) is 9.79 Å². The van der Waals surface area contributed by atoms with E-state index in [1.54, 1.807) is 13.1 Å². The summed E-state index contributed by atoms with van der Waals surface area (Å²) in [5, 5.41) is 9.88. The molecule has 0 saturated heterocycles. The molecule has 0 atom stereocenters. The third kappa shape index (κ3) is 8.57. The number of aliphatic imine (C=N–C) groups is 1. The molecule has 2 rings (SSSR count). The zero-order chi connectivity index (χ0) is 18.8. The third-order valence-corrected chi connectivity index (χ3v) is 4.04. The van der Waals surface area contributed by atoms with E-state index in [2.05, 4.69) is 25.9 Å². The Balaban J connectivity index is 0.00000364. The molecule has 0 spiro atoms. The van der Waals surface area contributed by atoms with Gasteiger partial charge in [0.15, 0.2) is 5.96 Å². The lowest BCUT2D eigenvalue weighted by atomic mass is 10.1. The maximum atomic E-state index is 12.0. The number of halogens is 2. The van der Waals surface area contributed by atoms with Crippen molar-refractivity contribution in [1.82, 2.24) is 15.6 Å². The Morgan fingerprint density at radius 3 is 2.56 bits per heavy atom. The largest absolute Gasteiger partial charge is 0.356 e. The Bertz CT molecular complexity index is 769. The van der Waals surface area contributed by atoms with Crippen LogP contribution in [0.25, 0.3) is 0 Å². The fourth-order valence-corrected chi connectivity index (χ4v) is 2.58. The normalized spacial score (nSPS) is 10.7. The van der Waals surface area contributed by atoms with Crippen LogP contribution in [0.1, 0.15) is 17.7 Å². The summed E-state index contributed by atoms with van der Waals surface area (Å²) >= 11 is 6.14. The van der Waals surface area contributed by atoms with Crippen molar-refractivity contribution < 1.29 is 4.79 Å². The van der Waals surface area contributed by atoms with Gasteiger partial charge in [-0.1, -0.05) is 35.9 Å². The first-order valence-electron chi connectivity index (χ1n) is 8.50. The van der Waals surface area contributed by atoms with Gasteiger partial charge in [-0.05, 0) is 37.1 Å². The summed E-state index contributed by atoms with van der Waals surface area (Å²) in [6.45, 7) is 3.06. The summed E-state index contributed by atoms with van der Waals surface area (Å²) in [4.78, 5) is 20.4. The van der Waals surface area contributed by atoms with Crippen LogP contribution in [0.4, 0.5) is 5.82 Å². The second-order valence-electron chi connectivity index (χ2n) is 5.73. The molecule has 8 heteroatoms. The molecule has 1 aromatic carbocycles.